The second-order valence-corrected chi connectivity index (χ2v) is 9.42. The molecule has 2 aliphatic heterocycles. The summed E-state index contributed by atoms with van der Waals surface area (Å²) in [5.74, 6) is -1.99. The van der Waals surface area contributed by atoms with E-state index in [9.17, 15) is 19.8 Å². The van der Waals surface area contributed by atoms with Gasteiger partial charge in [-0.25, -0.2) is 0 Å². The summed E-state index contributed by atoms with van der Waals surface area (Å²) in [6.07, 6.45) is 2.28. The van der Waals surface area contributed by atoms with Crippen molar-refractivity contribution < 1.29 is 19.8 Å². The number of aliphatic hydroxyl groups is 1. The van der Waals surface area contributed by atoms with E-state index in [2.05, 4.69) is 4.90 Å². The van der Waals surface area contributed by atoms with Crippen molar-refractivity contribution in [2.75, 3.05) is 22.9 Å². The summed E-state index contributed by atoms with van der Waals surface area (Å²) in [4.78, 5) is 30.2. The third-order valence-electron chi connectivity index (χ3n) is 6.42. The van der Waals surface area contributed by atoms with Crippen LogP contribution in [0.5, 0.6) is 5.75 Å². The van der Waals surface area contributed by atoms with Crippen molar-refractivity contribution in [3.05, 3.63) is 93.5 Å². The number of hydrogen-bond donors (Lipinski definition) is 2. The van der Waals surface area contributed by atoms with E-state index in [4.69, 9.17) is 23.2 Å². The van der Waals surface area contributed by atoms with Crippen LogP contribution >= 0.6 is 23.2 Å². The number of aliphatic hydroxyl groups excluding tert-OH is 1. The van der Waals surface area contributed by atoms with Gasteiger partial charge in [0.15, 0.2) is 0 Å². The van der Waals surface area contributed by atoms with Gasteiger partial charge in [0.25, 0.3) is 11.7 Å². The van der Waals surface area contributed by atoms with Gasteiger partial charge in [0.2, 0.25) is 0 Å². The average Bonchev–Trinajstić information content (AvgIpc) is 3.48. The van der Waals surface area contributed by atoms with Crippen LogP contribution in [-0.4, -0.2) is 35.0 Å². The normalized spacial score (nSPS) is 19.5. The molecule has 0 saturated carbocycles. The van der Waals surface area contributed by atoms with Gasteiger partial charge >= 0.3 is 0 Å². The van der Waals surface area contributed by atoms with E-state index in [1.54, 1.807) is 24.3 Å². The fraction of sp³-hybridized carbons (Fsp3) is 0.185. The summed E-state index contributed by atoms with van der Waals surface area (Å²) in [7, 11) is 0. The van der Waals surface area contributed by atoms with Crippen molar-refractivity contribution in [2.45, 2.75) is 18.9 Å². The van der Waals surface area contributed by atoms with E-state index in [1.165, 1.54) is 35.2 Å². The Morgan fingerprint density at radius 1 is 0.857 bits per heavy atom. The number of benzene rings is 3. The summed E-state index contributed by atoms with van der Waals surface area (Å²) >= 11 is 12.1. The number of amides is 1. The highest BCUT2D eigenvalue weighted by atomic mass is 35.5. The fourth-order valence-corrected chi connectivity index (χ4v) is 5.01. The van der Waals surface area contributed by atoms with Crippen LogP contribution in [0.25, 0.3) is 5.76 Å². The number of phenols is 1. The maximum absolute atomic E-state index is 13.3. The van der Waals surface area contributed by atoms with Gasteiger partial charge in [0, 0.05) is 30.0 Å². The predicted molar refractivity (Wildman–Crippen MR) is 137 cm³/mol. The summed E-state index contributed by atoms with van der Waals surface area (Å²) < 4.78 is 0. The molecule has 6 nitrogen and oxygen atoms in total. The van der Waals surface area contributed by atoms with Crippen LogP contribution < -0.4 is 9.80 Å². The lowest BCUT2D eigenvalue weighted by Crippen LogP contribution is -2.29. The van der Waals surface area contributed by atoms with Gasteiger partial charge in [-0.3, -0.25) is 14.5 Å². The standard InChI is InChI=1S/C27H22Cl2N2O4/c28-21-11-6-17(15-22(21)29)25(33)23-24(16-4-3-5-20(32)14-16)31(27(35)26(23)34)19-9-7-18(8-10-19)30-12-1-2-13-30/h3-11,14-15,24,32-33H,1-2,12-13H2/b25-23-. The minimum atomic E-state index is -0.950. The largest absolute Gasteiger partial charge is 0.508 e. The van der Waals surface area contributed by atoms with Crippen molar-refractivity contribution in [2.24, 2.45) is 0 Å². The molecule has 2 saturated heterocycles. The van der Waals surface area contributed by atoms with Crippen LogP contribution in [-0.2, 0) is 9.59 Å². The fourth-order valence-electron chi connectivity index (χ4n) is 4.71. The molecule has 2 aliphatic rings. The van der Waals surface area contributed by atoms with E-state index in [0.29, 0.717) is 16.3 Å². The number of rotatable bonds is 4. The highest BCUT2D eigenvalue weighted by molar-refractivity contribution is 6.51. The Morgan fingerprint density at radius 2 is 1.54 bits per heavy atom. The van der Waals surface area contributed by atoms with E-state index in [-0.39, 0.29) is 27.7 Å². The molecule has 0 spiro atoms. The van der Waals surface area contributed by atoms with Crippen LogP contribution in [0.3, 0.4) is 0 Å². The van der Waals surface area contributed by atoms with Crippen molar-refractivity contribution in [3.63, 3.8) is 0 Å². The number of nitrogens with zero attached hydrogens (tertiary/aromatic N) is 2. The Hall–Kier alpha value is -3.48. The molecule has 2 N–H and O–H groups in total. The Bertz CT molecular complexity index is 1350. The molecule has 0 radical (unpaired) electrons. The maximum atomic E-state index is 13.3. The Labute approximate surface area is 212 Å². The first kappa shape index (κ1) is 23.3. The molecule has 2 fully saturated rings. The van der Waals surface area contributed by atoms with Gasteiger partial charge in [-0.15, -0.1) is 0 Å². The molecule has 5 rings (SSSR count). The number of hydrogen-bond acceptors (Lipinski definition) is 5. The zero-order valence-corrected chi connectivity index (χ0v) is 20.1. The second-order valence-electron chi connectivity index (χ2n) is 8.60. The lowest BCUT2D eigenvalue weighted by atomic mass is 9.95. The van der Waals surface area contributed by atoms with E-state index in [1.807, 2.05) is 12.1 Å². The van der Waals surface area contributed by atoms with Crippen LogP contribution in [0.2, 0.25) is 10.0 Å². The zero-order valence-electron chi connectivity index (χ0n) is 18.6. The van der Waals surface area contributed by atoms with Gasteiger partial charge in [-0.2, -0.15) is 0 Å². The molecule has 178 valence electrons. The number of halogens is 2. The average molecular weight is 509 g/mol. The van der Waals surface area contributed by atoms with E-state index < -0.39 is 17.7 Å². The van der Waals surface area contributed by atoms with Crippen LogP contribution in [0, 0.1) is 0 Å². The van der Waals surface area contributed by atoms with Gasteiger partial charge in [0.05, 0.1) is 21.7 Å². The first-order valence-corrected chi connectivity index (χ1v) is 12.0. The molecule has 0 bridgehead atoms. The quantitative estimate of drug-likeness (QED) is 0.259. The van der Waals surface area contributed by atoms with Gasteiger partial charge in [0.1, 0.15) is 11.5 Å². The maximum Gasteiger partial charge on any atom is 0.300 e. The Morgan fingerprint density at radius 3 is 2.20 bits per heavy atom. The minimum Gasteiger partial charge on any atom is -0.508 e. The third-order valence-corrected chi connectivity index (χ3v) is 7.16. The number of anilines is 2. The van der Waals surface area contributed by atoms with E-state index >= 15 is 0 Å². The van der Waals surface area contributed by atoms with Crippen molar-refractivity contribution >= 4 is 52.0 Å². The van der Waals surface area contributed by atoms with Crippen LogP contribution in [0.15, 0.2) is 72.3 Å². The summed E-state index contributed by atoms with van der Waals surface area (Å²) in [6.45, 7) is 1.97. The number of ketones is 1. The molecule has 2 heterocycles. The highest BCUT2D eigenvalue weighted by Gasteiger charge is 2.47. The van der Waals surface area contributed by atoms with Gasteiger partial charge in [-0.1, -0.05) is 35.3 Å². The Balaban J connectivity index is 1.64. The number of Topliss-reactive ketones (excluding diaryl/α,β-unsaturated/α-hetero) is 1. The number of carbonyl (C=O) groups excluding carboxylic acids is 2. The van der Waals surface area contributed by atoms with Gasteiger partial charge in [-0.05, 0) is 73.0 Å². The molecule has 1 unspecified atom stereocenters. The molecule has 3 aromatic carbocycles. The van der Waals surface area contributed by atoms with Gasteiger partial charge < -0.3 is 15.1 Å². The van der Waals surface area contributed by atoms with E-state index in [0.717, 1.165) is 31.6 Å². The van der Waals surface area contributed by atoms with Crippen LogP contribution in [0.4, 0.5) is 11.4 Å². The monoisotopic (exact) mass is 508 g/mol. The molecule has 3 aromatic rings. The zero-order chi connectivity index (χ0) is 24.7. The van der Waals surface area contributed by atoms with Crippen molar-refractivity contribution in [1.82, 2.24) is 0 Å². The second kappa shape index (κ2) is 9.29. The SMILES string of the molecule is O=C1C(=O)N(c2ccc(N3CCCC3)cc2)C(c2cccc(O)c2)/C1=C(/O)c1ccc(Cl)c(Cl)c1. The number of aromatic hydroxyl groups is 1. The molecule has 35 heavy (non-hydrogen) atoms. The first-order chi connectivity index (χ1) is 16.8. The lowest BCUT2D eigenvalue weighted by molar-refractivity contribution is -0.132. The number of phenolic OH excluding ortho intramolecular Hbond substituents is 1. The highest BCUT2D eigenvalue weighted by Crippen LogP contribution is 2.43. The van der Waals surface area contributed by atoms with Crippen molar-refractivity contribution in [1.29, 1.82) is 0 Å². The molecule has 0 aliphatic carbocycles. The molecular weight excluding hydrogens is 487 g/mol. The molecule has 0 aromatic heterocycles. The third kappa shape index (κ3) is 4.24. The topological polar surface area (TPSA) is 81.1 Å². The molecular formula is C27H22Cl2N2O4. The number of carbonyl (C=O) groups is 2. The first-order valence-electron chi connectivity index (χ1n) is 11.3. The summed E-state index contributed by atoms with van der Waals surface area (Å²) in [5, 5.41) is 21.8. The minimum absolute atomic E-state index is 0.0213. The lowest BCUT2D eigenvalue weighted by Gasteiger charge is -2.26. The predicted octanol–water partition coefficient (Wildman–Crippen LogP) is 5.93. The summed E-state index contributed by atoms with van der Waals surface area (Å²) in [5.41, 5.74) is 2.20. The Kier molecular flexibility index (Phi) is 6.17. The molecule has 8 heteroatoms. The molecule has 1 amide bonds. The summed E-state index contributed by atoms with van der Waals surface area (Å²) in [6, 6.07) is 17.3. The van der Waals surface area contributed by atoms with Crippen LogP contribution in [0.1, 0.15) is 30.0 Å². The smallest absolute Gasteiger partial charge is 0.300 e. The van der Waals surface area contributed by atoms with Crippen molar-refractivity contribution in [3.8, 4) is 5.75 Å². The molecule has 1 atom stereocenters.